The van der Waals surface area contributed by atoms with Crippen LogP contribution < -0.4 is 15.5 Å². The van der Waals surface area contributed by atoms with Crippen LogP contribution in [0, 0.1) is 0 Å². The highest BCUT2D eigenvalue weighted by Crippen LogP contribution is 2.28. The molecule has 0 saturated carbocycles. The van der Waals surface area contributed by atoms with Crippen LogP contribution in [-0.4, -0.2) is 83.5 Å². The number of benzene rings is 2. The summed E-state index contributed by atoms with van der Waals surface area (Å²) >= 11 is 0. The summed E-state index contributed by atoms with van der Waals surface area (Å²) in [6.45, 7) is 7.24. The Morgan fingerprint density at radius 1 is 0.950 bits per heavy atom. The fourth-order valence-corrected chi connectivity index (χ4v) is 5.41. The molecule has 2 aromatic heterocycles. The number of morpholine rings is 1. The molecule has 40 heavy (non-hydrogen) atoms. The first kappa shape index (κ1) is 26.2. The van der Waals surface area contributed by atoms with Crippen molar-refractivity contribution in [2.24, 2.45) is 0 Å². The summed E-state index contributed by atoms with van der Waals surface area (Å²) in [5.74, 6) is 1.25. The molecule has 0 atom stereocenters. The lowest BCUT2D eigenvalue weighted by atomic mass is 10.1. The summed E-state index contributed by atoms with van der Waals surface area (Å²) in [7, 11) is 1.63. The van der Waals surface area contributed by atoms with Gasteiger partial charge in [-0.05, 0) is 69.2 Å². The van der Waals surface area contributed by atoms with Crippen molar-refractivity contribution in [3.8, 4) is 11.3 Å². The quantitative estimate of drug-likeness (QED) is 0.330. The Morgan fingerprint density at radius 2 is 1.75 bits per heavy atom. The lowest BCUT2D eigenvalue weighted by Gasteiger charge is -2.27. The second kappa shape index (κ2) is 12.0. The average Bonchev–Trinajstić information content (AvgIpc) is 3.67. The van der Waals surface area contributed by atoms with E-state index in [-0.39, 0.29) is 5.91 Å². The third kappa shape index (κ3) is 5.93. The van der Waals surface area contributed by atoms with Crippen LogP contribution in [0.4, 0.5) is 17.5 Å². The minimum atomic E-state index is -0.115. The SMILES string of the molecule is CNC(=O)c1ccc(Nc2cc(-c3ccc4cnn(CCCN5CCCC5)c4c3)nc(N3CCOCC3)n2)cc1. The first-order valence-corrected chi connectivity index (χ1v) is 14.2. The standard InChI is InChI=1S/C30H36N8O2/c1-31-29(39)22-7-9-25(10-8-22)33-28-20-26(34-30(35-28)37-15-17-40-18-16-37)23-5-6-24-21-32-38(27(24)19-23)14-4-13-36-11-2-3-12-36/h5-10,19-21H,2-4,11-18H2,1H3,(H,31,39)(H,33,34,35). The van der Waals surface area contributed by atoms with Gasteiger partial charge in [0, 0.05) is 54.9 Å². The van der Waals surface area contributed by atoms with E-state index in [4.69, 9.17) is 14.7 Å². The highest BCUT2D eigenvalue weighted by atomic mass is 16.5. The number of carbonyl (C=O) groups excluding carboxylic acids is 1. The normalized spacial score (nSPS) is 16.0. The smallest absolute Gasteiger partial charge is 0.251 e. The van der Waals surface area contributed by atoms with Gasteiger partial charge in [0.05, 0.1) is 30.6 Å². The molecule has 1 amide bonds. The summed E-state index contributed by atoms with van der Waals surface area (Å²) in [4.78, 5) is 26.5. The number of aromatic nitrogens is 4. The van der Waals surface area contributed by atoms with Crippen LogP contribution in [-0.2, 0) is 11.3 Å². The molecule has 2 saturated heterocycles. The number of rotatable bonds is 9. The van der Waals surface area contributed by atoms with Gasteiger partial charge in [0.2, 0.25) is 5.95 Å². The Bertz CT molecular complexity index is 1460. The Labute approximate surface area is 234 Å². The fourth-order valence-electron chi connectivity index (χ4n) is 5.41. The van der Waals surface area contributed by atoms with Gasteiger partial charge in [-0.3, -0.25) is 9.48 Å². The van der Waals surface area contributed by atoms with E-state index in [0.717, 1.165) is 60.4 Å². The molecule has 10 heteroatoms. The summed E-state index contributed by atoms with van der Waals surface area (Å²) in [6, 6.07) is 15.7. The van der Waals surface area contributed by atoms with Crippen molar-refractivity contribution in [2.45, 2.75) is 25.8 Å². The first-order valence-electron chi connectivity index (χ1n) is 14.2. The fraction of sp³-hybridized carbons (Fsp3) is 0.400. The van der Waals surface area contributed by atoms with Gasteiger partial charge in [-0.25, -0.2) is 4.98 Å². The van der Waals surface area contributed by atoms with E-state index in [9.17, 15) is 4.79 Å². The second-order valence-corrected chi connectivity index (χ2v) is 10.4. The van der Waals surface area contributed by atoms with Crippen LogP contribution in [0.15, 0.2) is 54.7 Å². The van der Waals surface area contributed by atoms with E-state index in [2.05, 4.69) is 48.4 Å². The van der Waals surface area contributed by atoms with Crippen molar-refractivity contribution in [3.63, 3.8) is 0 Å². The molecule has 6 rings (SSSR count). The minimum absolute atomic E-state index is 0.115. The number of ether oxygens (including phenoxy) is 1. The van der Waals surface area contributed by atoms with Gasteiger partial charge in [-0.2, -0.15) is 10.1 Å². The number of carbonyl (C=O) groups is 1. The van der Waals surface area contributed by atoms with Crippen LogP contribution in [0.1, 0.15) is 29.6 Å². The summed E-state index contributed by atoms with van der Waals surface area (Å²) in [5.41, 5.74) is 4.42. The number of fused-ring (bicyclic) bond motifs is 1. The Morgan fingerprint density at radius 3 is 2.52 bits per heavy atom. The van der Waals surface area contributed by atoms with Gasteiger partial charge in [-0.15, -0.1) is 0 Å². The molecule has 0 spiro atoms. The monoisotopic (exact) mass is 540 g/mol. The lowest BCUT2D eigenvalue weighted by Crippen LogP contribution is -2.37. The van der Waals surface area contributed by atoms with E-state index < -0.39 is 0 Å². The molecular formula is C30H36N8O2. The maximum atomic E-state index is 11.9. The van der Waals surface area contributed by atoms with Crippen LogP contribution in [0.5, 0.6) is 0 Å². The Hall–Kier alpha value is -4.02. The predicted molar refractivity (Wildman–Crippen MR) is 157 cm³/mol. The largest absolute Gasteiger partial charge is 0.378 e. The minimum Gasteiger partial charge on any atom is -0.378 e. The highest BCUT2D eigenvalue weighted by molar-refractivity contribution is 5.94. The number of anilines is 3. The Balaban J connectivity index is 1.28. The molecule has 4 aromatic rings. The molecular weight excluding hydrogens is 504 g/mol. The number of hydrogen-bond donors (Lipinski definition) is 2. The molecule has 0 aliphatic carbocycles. The van der Waals surface area contributed by atoms with E-state index in [1.54, 1.807) is 19.2 Å². The summed E-state index contributed by atoms with van der Waals surface area (Å²) < 4.78 is 7.68. The number of nitrogens with zero attached hydrogens (tertiary/aromatic N) is 6. The highest BCUT2D eigenvalue weighted by Gasteiger charge is 2.18. The summed E-state index contributed by atoms with van der Waals surface area (Å²) in [5, 5.41) is 11.9. The number of likely N-dealkylation sites (tertiary alicyclic amines) is 1. The predicted octanol–water partition coefficient (Wildman–Crippen LogP) is 3.92. The van der Waals surface area contributed by atoms with Crippen molar-refractivity contribution in [1.82, 2.24) is 30.0 Å². The molecule has 2 aromatic carbocycles. The topological polar surface area (TPSA) is 100 Å². The zero-order chi connectivity index (χ0) is 27.3. The average molecular weight is 541 g/mol. The van der Waals surface area contributed by atoms with Gasteiger partial charge in [0.25, 0.3) is 5.91 Å². The number of aryl methyl sites for hydroxylation is 1. The Kier molecular flexibility index (Phi) is 7.87. The molecule has 2 aliphatic rings. The van der Waals surface area contributed by atoms with E-state index >= 15 is 0 Å². The van der Waals surface area contributed by atoms with Crippen molar-refractivity contribution < 1.29 is 9.53 Å². The van der Waals surface area contributed by atoms with Gasteiger partial charge in [-0.1, -0.05) is 12.1 Å². The number of nitrogens with one attached hydrogen (secondary N) is 2. The third-order valence-electron chi connectivity index (χ3n) is 7.64. The van der Waals surface area contributed by atoms with Crippen molar-refractivity contribution in [1.29, 1.82) is 0 Å². The second-order valence-electron chi connectivity index (χ2n) is 10.4. The van der Waals surface area contributed by atoms with Crippen LogP contribution in [0.2, 0.25) is 0 Å². The molecule has 0 radical (unpaired) electrons. The van der Waals surface area contributed by atoms with Crippen LogP contribution in [0.3, 0.4) is 0 Å². The third-order valence-corrected chi connectivity index (χ3v) is 7.64. The van der Waals surface area contributed by atoms with Crippen molar-refractivity contribution in [3.05, 3.63) is 60.3 Å². The molecule has 2 aliphatic heterocycles. The van der Waals surface area contributed by atoms with E-state index in [1.807, 2.05) is 24.4 Å². The van der Waals surface area contributed by atoms with Crippen molar-refractivity contribution in [2.75, 3.05) is 63.2 Å². The van der Waals surface area contributed by atoms with Gasteiger partial charge in [0.1, 0.15) is 5.82 Å². The zero-order valence-corrected chi connectivity index (χ0v) is 23.0. The van der Waals surface area contributed by atoms with E-state index in [1.165, 1.54) is 25.9 Å². The van der Waals surface area contributed by atoms with Gasteiger partial charge >= 0.3 is 0 Å². The summed E-state index contributed by atoms with van der Waals surface area (Å²) in [6.07, 6.45) is 5.67. The van der Waals surface area contributed by atoms with Gasteiger partial charge in [0.15, 0.2) is 0 Å². The maximum Gasteiger partial charge on any atom is 0.251 e. The van der Waals surface area contributed by atoms with Crippen molar-refractivity contribution >= 4 is 34.3 Å². The lowest BCUT2D eigenvalue weighted by molar-refractivity contribution is 0.0963. The first-order chi connectivity index (χ1) is 19.7. The molecule has 208 valence electrons. The number of amides is 1. The van der Waals surface area contributed by atoms with Crippen LogP contribution in [0.25, 0.3) is 22.2 Å². The van der Waals surface area contributed by atoms with Crippen LogP contribution >= 0.6 is 0 Å². The molecule has 2 fully saturated rings. The molecule has 0 unspecified atom stereocenters. The molecule has 2 N–H and O–H groups in total. The number of hydrogen-bond acceptors (Lipinski definition) is 8. The van der Waals surface area contributed by atoms with Gasteiger partial charge < -0.3 is 25.2 Å². The van der Waals surface area contributed by atoms with E-state index in [0.29, 0.717) is 30.5 Å². The molecule has 4 heterocycles. The molecule has 10 nitrogen and oxygen atoms in total. The maximum absolute atomic E-state index is 11.9. The zero-order valence-electron chi connectivity index (χ0n) is 23.0. The molecule has 0 bridgehead atoms.